The number of rotatable bonds is 25. The van der Waals surface area contributed by atoms with E-state index in [0.29, 0.717) is 83.7 Å². The number of thioether (sulfide) groups is 4. The lowest BCUT2D eigenvalue weighted by atomic mass is 9.88. The fourth-order valence-corrected chi connectivity index (χ4v) is 11.1. The number of alkyl carbamates (subject to hydrolysis) is 2. The van der Waals surface area contributed by atoms with Crippen LogP contribution in [0.5, 0.6) is 28.7 Å². The van der Waals surface area contributed by atoms with Gasteiger partial charge in [0.05, 0.1) is 46.7 Å². The first-order valence-electron chi connectivity index (χ1n) is 31.3. The third-order valence-corrected chi connectivity index (χ3v) is 17.2. The minimum Gasteiger partial charge on any atom is -0.497 e. The van der Waals surface area contributed by atoms with E-state index in [9.17, 15) is 29.1 Å². The molecule has 5 aromatic rings. The van der Waals surface area contributed by atoms with Gasteiger partial charge < -0.3 is 49.7 Å². The molecule has 0 bridgehead atoms. The summed E-state index contributed by atoms with van der Waals surface area (Å²) in [5.41, 5.74) is 12.8. The Hall–Kier alpha value is -7.13. The number of benzene rings is 5. The van der Waals surface area contributed by atoms with Crippen LogP contribution in [0.3, 0.4) is 0 Å². The number of amidine groups is 4. The van der Waals surface area contributed by atoms with Gasteiger partial charge in [-0.3, -0.25) is 46.2 Å². The van der Waals surface area contributed by atoms with Crippen molar-refractivity contribution in [1.29, 1.82) is 16.2 Å². The summed E-state index contributed by atoms with van der Waals surface area (Å²) in [7, 11) is 8.05. The first-order valence-corrected chi connectivity index (χ1v) is 35.7. The highest BCUT2D eigenvalue weighted by Gasteiger charge is 2.28. The molecule has 0 aliphatic carbocycles. The van der Waals surface area contributed by atoms with Crippen LogP contribution >= 0.6 is 71.1 Å². The molecule has 1 aliphatic heterocycles. The van der Waals surface area contributed by atoms with Crippen LogP contribution in [0.15, 0.2) is 126 Å². The number of amides is 2. The van der Waals surface area contributed by atoms with Gasteiger partial charge in [0.2, 0.25) is 0 Å². The van der Waals surface area contributed by atoms with Gasteiger partial charge in [0.25, 0.3) is 0 Å². The smallest absolute Gasteiger partial charge is 0.413 e. The summed E-state index contributed by atoms with van der Waals surface area (Å²) in [5.74, 6) is 7.60. The quantitative estimate of drug-likeness (QED) is 0.00885. The Morgan fingerprint density at radius 3 is 1.24 bits per heavy atom. The number of nitrogens with zero attached hydrogens (tertiary/aromatic N) is 1. The first kappa shape index (κ1) is 88.9. The SMILES string of the molecule is COc1ccc(C(=O)CCCCl)cc1.COc1ccc(C(=O)CCCSC(=N)N)cc1.COc1ccc(C(=O)CCCSC(=N)NC(=O)OC(C)(C)C)cc1.COc1ccc(C(C)(O)CCCSC(=N)NC(=O)OC(C)(C)C)cc1.COc1ccc(C2(C)CCCSC(N)=N2)cc1.Cl. The molecule has 10 N–H and O–H groups in total. The first-order chi connectivity index (χ1) is 45.8. The van der Waals surface area contributed by atoms with Crippen molar-refractivity contribution in [3.63, 3.8) is 0 Å². The molecule has 6 rings (SSSR count). The number of halogens is 2. The number of ketones is 3. The van der Waals surface area contributed by atoms with Crippen LogP contribution in [0, 0.1) is 16.2 Å². The molecule has 0 fully saturated rings. The van der Waals surface area contributed by atoms with Gasteiger partial charge in [-0.2, -0.15) is 0 Å². The number of aliphatic imine (C=N–C) groups is 1. The van der Waals surface area contributed by atoms with E-state index in [1.165, 1.54) is 40.8 Å². The maximum atomic E-state index is 12.0. The minimum absolute atomic E-state index is 0. The number of Topliss-reactive ketones (excluding diaryl/α,β-unsaturated/α-hetero) is 3. The van der Waals surface area contributed by atoms with E-state index in [1.54, 1.807) is 169 Å². The summed E-state index contributed by atoms with van der Waals surface area (Å²) in [6.45, 7) is 14.5. The number of methoxy groups -OCH3 is 5. The van der Waals surface area contributed by atoms with Crippen LogP contribution in [-0.4, -0.2) is 131 Å². The Balaban J connectivity index is 0.000000620. The third kappa shape index (κ3) is 38.3. The normalized spacial score (nSPS) is 13.6. The fraction of sp³-hybridized carbons (Fsp3) is 0.451. The van der Waals surface area contributed by atoms with Crippen molar-refractivity contribution in [3.8, 4) is 28.7 Å². The van der Waals surface area contributed by atoms with Gasteiger partial charge in [-0.05, 0) is 209 Å². The topological polar surface area (TPSA) is 330 Å². The molecule has 0 spiro atoms. The van der Waals surface area contributed by atoms with Gasteiger partial charge in [0.15, 0.2) is 38.0 Å². The van der Waals surface area contributed by atoms with E-state index in [-0.39, 0.29) is 50.8 Å². The number of nitrogens with two attached hydrogens (primary N) is 2. The maximum Gasteiger partial charge on any atom is 0.413 e. The summed E-state index contributed by atoms with van der Waals surface area (Å²) >= 11 is 10.8. The second-order valence-corrected chi connectivity index (χ2v) is 28.6. The van der Waals surface area contributed by atoms with E-state index in [0.717, 1.165) is 65.6 Å². The minimum atomic E-state index is -0.951. The number of hydrogen-bond acceptors (Lipinski definition) is 22. The van der Waals surface area contributed by atoms with Gasteiger partial charge in [0, 0.05) is 64.8 Å². The molecule has 98 heavy (non-hydrogen) atoms. The van der Waals surface area contributed by atoms with Crippen molar-refractivity contribution in [2.24, 2.45) is 16.5 Å². The monoisotopic (exact) mass is 1470 g/mol. The molecule has 0 saturated carbocycles. The molecule has 21 nitrogen and oxygen atoms in total. The van der Waals surface area contributed by atoms with Crippen LogP contribution in [0.2, 0.25) is 0 Å². The molecular weight excluding hydrogens is 1370 g/mol. The van der Waals surface area contributed by atoms with Crippen molar-refractivity contribution < 1.29 is 62.2 Å². The summed E-state index contributed by atoms with van der Waals surface area (Å²) in [5, 5.41) is 38.6. The molecule has 2 atom stereocenters. The molecule has 1 aliphatic rings. The summed E-state index contributed by atoms with van der Waals surface area (Å²) in [6, 6.07) is 36.6. The van der Waals surface area contributed by atoms with Crippen molar-refractivity contribution in [3.05, 3.63) is 149 Å². The Bertz CT molecular complexity index is 3270. The molecule has 0 saturated heterocycles. The molecule has 0 radical (unpaired) electrons. The highest BCUT2D eigenvalue weighted by molar-refractivity contribution is 8.14. The maximum absolute atomic E-state index is 12.0. The Labute approximate surface area is 607 Å². The van der Waals surface area contributed by atoms with Crippen LogP contribution in [0.1, 0.15) is 162 Å². The number of ether oxygens (including phenoxy) is 7. The molecule has 27 heteroatoms. The standard InChI is InChI=1S/C18H28N2O4S.C17H24N2O4S.C13H18N2OS.C12H16N2O2S.C11H13ClO2.ClH/c1-17(2,3)24-16(21)20-15(19)25-12-6-11-18(4,22)13-7-9-14(23-5)10-8-13;1-17(2,3)23-16(21)19-15(18)24-11-5-6-14(20)12-7-9-13(22-4)10-8-12;1-13(8-3-9-17-12(14)15-13)10-4-6-11(16-2)7-5-10;1-16-10-6-4-9(5-7-10)11(15)3-2-8-17-12(13)14;1-14-10-6-4-9(5-7-10)11(13)3-2-8-12;/h7-10,22H,6,11-12H2,1-5H3,(H2,19,20,21);7-10H,5-6,11H2,1-4H3,(H2,18,19,21);4-7H,3,8-9H2,1-2H3,(H2,14,15);4-7H,2-3,8H2,1H3,(H3,13,14);4-7H,2-3,8H2,1H3;1H. The van der Waals surface area contributed by atoms with Gasteiger partial charge in [-0.15, -0.1) is 24.0 Å². The lowest BCUT2D eigenvalue weighted by Crippen LogP contribution is -2.34. The molecule has 2 amide bonds. The van der Waals surface area contributed by atoms with Crippen LogP contribution in [0.25, 0.3) is 0 Å². The zero-order valence-corrected chi connectivity index (χ0v) is 63.4. The van der Waals surface area contributed by atoms with Crippen molar-refractivity contribution >= 4 is 121 Å². The molecular formula is C71H100Cl2N8O13S4. The van der Waals surface area contributed by atoms with Crippen LogP contribution in [0.4, 0.5) is 9.59 Å². The number of aliphatic hydroxyl groups is 1. The highest BCUT2D eigenvalue weighted by Crippen LogP contribution is 2.35. The average molecular weight is 1470 g/mol. The largest absolute Gasteiger partial charge is 0.497 e. The molecule has 540 valence electrons. The molecule has 2 unspecified atom stereocenters. The van der Waals surface area contributed by atoms with Crippen molar-refractivity contribution in [1.82, 2.24) is 10.6 Å². The van der Waals surface area contributed by atoms with Crippen LogP contribution < -0.4 is 45.8 Å². The second-order valence-electron chi connectivity index (χ2n) is 23.8. The van der Waals surface area contributed by atoms with Gasteiger partial charge in [-0.25, -0.2) is 9.59 Å². The Morgan fingerprint density at radius 1 is 0.561 bits per heavy atom. The van der Waals surface area contributed by atoms with Gasteiger partial charge in [-0.1, -0.05) is 71.3 Å². The summed E-state index contributed by atoms with van der Waals surface area (Å²) in [6.07, 6.45) is 5.60. The van der Waals surface area contributed by atoms with Crippen molar-refractivity contribution in [2.45, 2.75) is 142 Å². The van der Waals surface area contributed by atoms with Gasteiger partial charge >= 0.3 is 12.2 Å². The van der Waals surface area contributed by atoms with Crippen LogP contribution in [-0.2, 0) is 20.6 Å². The highest BCUT2D eigenvalue weighted by atomic mass is 35.5. The zero-order valence-electron chi connectivity index (χ0n) is 58.5. The predicted octanol–water partition coefficient (Wildman–Crippen LogP) is 16.1. The summed E-state index contributed by atoms with van der Waals surface area (Å²) < 4.78 is 35.5. The number of nitrogens with one attached hydrogen (secondary N) is 5. The Kier molecular flexibility index (Phi) is 42.6. The second kappa shape index (κ2) is 47.0. The number of alkyl halides is 1. The number of hydrogen-bond donors (Lipinski definition) is 8. The van der Waals surface area contributed by atoms with E-state index in [2.05, 4.69) is 34.7 Å². The van der Waals surface area contributed by atoms with Crippen molar-refractivity contribution in [2.75, 3.05) is 64.4 Å². The molecule has 0 aromatic heterocycles. The predicted molar refractivity (Wildman–Crippen MR) is 407 cm³/mol. The van der Waals surface area contributed by atoms with E-state index in [4.69, 9.17) is 72.5 Å². The fourth-order valence-electron chi connectivity index (χ4n) is 8.45. The number of carbonyl (C=O) groups is 5. The van der Waals surface area contributed by atoms with Gasteiger partial charge in [0.1, 0.15) is 39.9 Å². The average Bonchev–Trinajstić information content (AvgIpc) is 1.38. The summed E-state index contributed by atoms with van der Waals surface area (Å²) in [4.78, 5) is 63.0. The molecule has 5 aromatic carbocycles. The third-order valence-electron chi connectivity index (χ3n) is 13.5. The zero-order chi connectivity index (χ0) is 72.6. The lowest BCUT2D eigenvalue weighted by Gasteiger charge is -2.24. The molecule has 1 heterocycles. The number of carbonyl (C=O) groups excluding carboxylic acids is 5. The Morgan fingerprint density at radius 2 is 0.898 bits per heavy atom. The van der Waals surface area contributed by atoms with E-state index in [1.807, 2.05) is 36.4 Å². The van der Waals surface area contributed by atoms with E-state index < -0.39 is 29.0 Å². The van der Waals surface area contributed by atoms with E-state index >= 15 is 0 Å². The lowest BCUT2D eigenvalue weighted by molar-refractivity contribution is 0.0471.